The third-order valence-electron chi connectivity index (χ3n) is 4.39. The molecule has 2 N–H and O–H groups in total. The molecule has 0 aromatic heterocycles. The molecule has 1 rings (SSSR count). The Balaban J connectivity index is 1.88. The van der Waals surface area contributed by atoms with E-state index >= 15 is 0 Å². The van der Waals surface area contributed by atoms with Gasteiger partial charge in [0.05, 0.1) is 5.66 Å². The van der Waals surface area contributed by atoms with Crippen molar-refractivity contribution in [1.29, 1.82) is 0 Å². The maximum atomic E-state index is 3.40. The average molecular weight is 268 g/mol. The number of hydrogen-bond donors (Lipinski definition) is 2. The maximum Gasteiger partial charge on any atom is 0.0943 e. The van der Waals surface area contributed by atoms with Crippen molar-refractivity contribution in [3.8, 4) is 0 Å². The first-order valence-electron chi connectivity index (χ1n) is 8.87. The molecule has 0 spiro atoms. The molecule has 0 aromatic carbocycles. The van der Waals surface area contributed by atoms with Crippen LogP contribution in [-0.2, 0) is 0 Å². The third kappa shape index (κ3) is 8.65. The smallest absolute Gasteiger partial charge is 0.0943 e. The fourth-order valence-corrected chi connectivity index (χ4v) is 2.88. The van der Waals surface area contributed by atoms with Crippen LogP contribution in [0.3, 0.4) is 0 Å². The highest BCUT2D eigenvalue weighted by Crippen LogP contribution is 2.26. The zero-order chi connectivity index (χ0) is 13.8. The minimum Gasteiger partial charge on any atom is -0.235 e. The summed E-state index contributed by atoms with van der Waals surface area (Å²) in [6.07, 6.45) is 19.5. The molecule has 114 valence electrons. The highest BCUT2D eigenvalue weighted by atomic mass is 15.7. The van der Waals surface area contributed by atoms with E-state index in [4.69, 9.17) is 0 Å². The van der Waals surface area contributed by atoms with Crippen LogP contribution in [0.1, 0.15) is 104 Å². The summed E-state index contributed by atoms with van der Waals surface area (Å²) in [5.41, 5.74) is 7.15. The summed E-state index contributed by atoms with van der Waals surface area (Å²) < 4.78 is 0. The Bertz CT molecular complexity index is 181. The molecule has 19 heavy (non-hydrogen) atoms. The van der Waals surface area contributed by atoms with E-state index in [0.717, 1.165) is 0 Å². The Hall–Kier alpha value is -0.0800. The topological polar surface area (TPSA) is 43.9 Å². The van der Waals surface area contributed by atoms with E-state index in [1.165, 1.54) is 89.9 Å². The summed E-state index contributed by atoms with van der Waals surface area (Å²) in [6.45, 7) is 4.57. The molecule has 0 unspecified atom stereocenters. The summed E-state index contributed by atoms with van der Waals surface area (Å²) in [4.78, 5) is 0. The van der Waals surface area contributed by atoms with Crippen molar-refractivity contribution in [2.24, 2.45) is 0 Å². The van der Waals surface area contributed by atoms with Crippen LogP contribution < -0.4 is 10.9 Å². The average Bonchev–Trinajstić information content (AvgIpc) is 3.18. The fourth-order valence-electron chi connectivity index (χ4n) is 2.88. The zero-order valence-electron chi connectivity index (χ0n) is 13.4. The van der Waals surface area contributed by atoms with Crippen LogP contribution in [0.2, 0.25) is 0 Å². The van der Waals surface area contributed by atoms with E-state index in [2.05, 4.69) is 24.7 Å². The van der Waals surface area contributed by atoms with Gasteiger partial charge >= 0.3 is 0 Å². The van der Waals surface area contributed by atoms with Crippen molar-refractivity contribution >= 4 is 0 Å². The van der Waals surface area contributed by atoms with Crippen molar-refractivity contribution in [2.75, 3.05) is 0 Å². The maximum absolute atomic E-state index is 3.40. The Morgan fingerprint density at radius 2 is 0.895 bits per heavy atom. The van der Waals surface area contributed by atoms with Crippen LogP contribution in [0, 0.1) is 0 Å². The second-order valence-corrected chi connectivity index (χ2v) is 6.37. The lowest BCUT2D eigenvalue weighted by molar-refractivity contribution is 0.444. The van der Waals surface area contributed by atoms with Crippen molar-refractivity contribution < 1.29 is 0 Å². The highest BCUT2D eigenvalue weighted by Gasteiger charge is 2.39. The van der Waals surface area contributed by atoms with Gasteiger partial charge in [0.1, 0.15) is 0 Å². The van der Waals surface area contributed by atoms with Crippen LogP contribution in [0.5, 0.6) is 0 Å². The van der Waals surface area contributed by atoms with Gasteiger partial charge in [0.25, 0.3) is 0 Å². The summed E-state index contributed by atoms with van der Waals surface area (Å²) >= 11 is 0. The van der Waals surface area contributed by atoms with Crippen LogP contribution in [0.25, 0.3) is 0 Å². The highest BCUT2D eigenvalue weighted by molar-refractivity contribution is 4.93. The lowest BCUT2D eigenvalue weighted by Crippen LogP contribution is -2.17. The van der Waals surface area contributed by atoms with E-state index < -0.39 is 0 Å². The second kappa shape index (κ2) is 10.7. The predicted octanol–water partition coefficient (Wildman–Crippen LogP) is 5.29. The predicted molar refractivity (Wildman–Crippen MR) is 85.0 cm³/mol. The summed E-state index contributed by atoms with van der Waals surface area (Å²) in [7, 11) is 0. The molecule has 1 saturated heterocycles. The summed E-state index contributed by atoms with van der Waals surface area (Å²) in [5.74, 6) is 0. The van der Waals surface area contributed by atoms with Crippen molar-refractivity contribution in [3.05, 3.63) is 0 Å². The first kappa shape index (κ1) is 17.0. The van der Waals surface area contributed by atoms with Gasteiger partial charge in [-0.3, -0.25) is 0 Å². The van der Waals surface area contributed by atoms with E-state index in [1.54, 1.807) is 0 Å². The Morgan fingerprint density at radius 3 is 1.26 bits per heavy atom. The molecule has 0 bridgehead atoms. The summed E-state index contributed by atoms with van der Waals surface area (Å²) in [5, 5.41) is 0. The van der Waals surface area contributed by atoms with Gasteiger partial charge in [0, 0.05) is 0 Å². The zero-order valence-corrected chi connectivity index (χ0v) is 13.4. The van der Waals surface area contributed by atoms with E-state index in [1.807, 2.05) is 0 Å². The van der Waals surface area contributed by atoms with Gasteiger partial charge in [-0.2, -0.15) is 0 Å². The number of unbranched alkanes of at least 4 members (excludes halogenated alkanes) is 10. The normalized spacial score (nSPS) is 16.7. The largest absolute Gasteiger partial charge is 0.235 e. The molecule has 2 nitrogen and oxygen atoms in total. The molecule has 0 atom stereocenters. The van der Waals surface area contributed by atoms with E-state index in [0.29, 0.717) is 5.66 Å². The van der Waals surface area contributed by atoms with Gasteiger partial charge in [-0.05, 0) is 12.8 Å². The number of hydrazine groups is 1. The number of nitrogens with one attached hydrogen (secondary N) is 2. The standard InChI is InChI=1S/C17H36N2/c1-3-5-7-9-11-13-15-17(18-19-17)16-14-12-10-8-6-4-2/h18-19H,3-16H2,1-2H3. The van der Waals surface area contributed by atoms with Crippen LogP contribution in [0.15, 0.2) is 0 Å². The van der Waals surface area contributed by atoms with Gasteiger partial charge in [0.15, 0.2) is 0 Å². The van der Waals surface area contributed by atoms with Crippen molar-refractivity contribution in [2.45, 2.75) is 109 Å². The molecule has 1 heterocycles. The Morgan fingerprint density at radius 1 is 0.526 bits per heavy atom. The molecule has 0 aliphatic carbocycles. The third-order valence-corrected chi connectivity index (χ3v) is 4.39. The fraction of sp³-hybridized carbons (Fsp3) is 1.00. The van der Waals surface area contributed by atoms with Crippen LogP contribution in [0.4, 0.5) is 0 Å². The quantitative estimate of drug-likeness (QED) is 0.332. The van der Waals surface area contributed by atoms with Crippen LogP contribution >= 0.6 is 0 Å². The minimum absolute atomic E-state index is 0.343. The second-order valence-electron chi connectivity index (χ2n) is 6.37. The van der Waals surface area contributed by atoms with Gasteiger partial charge in [-0.15, -0.1) is 0 Å². The van der Waals surface area contributed by atoms with E-state index in [9.17, 15) is 0 Å². The Labute approximate surface area is 121 Å². The molecular formula is C17H36N2. The first-order valence-corrected chi connectivity index (χ1v) is 8.87. The molecule has 1 fully saturated rings. The number of hydrogen-bond acceptors (Lipinski definition) is 2. The lowest BCUT2D eigenvalue weighted by atomic mass is 9.98. The lowest BCUT2D eigenvalue weighted by Gasteiger charge is -2.11. The van der Waals surface area contributed by atoms with Gasteiger partial charge in [-0.1, -0.05) is 90.9 Å². The minimum atomic E-state index is 0.343. The molecule has 0 aromatic rings. The van der Waals surface area contributed by atoms with Crippen molar-refractivity contribution in [1.82, 2.24) is 10.9 Å². The number of rotatable bonds is 14. The molecule has 1 aliphatic rings. The molecule has 1 aliphatic heterocycles. The van der Waals surface area contributed by atoms with Gasteiger partial charge in [0.2, 0.25) is 0 Å². The molecule has 0 amide bonds. The SMILES string of the molecule is CCCCCCCCC1(CCCCCCCC)NN1. The molecule has 2 heteroatoms. The van der Waals surface area contributed by atoms with Crippen molar-refractivity contribution in [3.63, 3.8) is 0 Å². The van der Waals surface area contributed by atoms with E-state index in [-0.39, 0.29) is 0 Å². The van der Waals surface area contributed by atoms with Gasteiger partial charge in [-0.25, -0.2) is 10.9 Å². The summed E-state index contributed by atoms with van der Waals surface area (Å²) in [6, 6.07) is 0. The van der Waals surface area contributed by atoms with Crippen LogP contribution in [-0.4, -0.2) is 5.66 Å². The molecule has 0 radical (unpaired) electrons. The molecule has 0 saturated carbocycles. The first-order chi connectivity index (χ1) is 9.33. The monoisotopic (exact) mass is 268 g/mol. The molecular weight excluding hydrogens is 232 g/mol. The van der Waals surface area contributed by atoms with Gasteiger partial charge < -0.3 is 0 Å². The Kier molecular flexibility index (Phi) is 9.54.